The molecule has 0 aliphatic rings. The Balaban J connectivity index is 3.09. The maximum atomic E-state index is 12.0. The molecule has 1 atom stereocenters. The fourth-order valence-electron chi connectivity index (χ4n) is 1.47. The minimum atomic E-state index is -0.400. The minimum Gasteiger partial charge on any atom is -0.465 e. The number of ether oxygens (including phenoxy) is 1. The van der Waals surface area contributed by atoms with Crippen molar-refractivity contribution >= 4 is 17.7 Å². The van der Waals surface area contributed by atoms with Crippen LogP contribution in [0.2, 0.25) is 0 Å². The summed E-state index contributed by atoms with van der Waals surface area (Å²) in [5, 5.41) is 0.131. The van der Waals surface area contributed by atoms with E-state index in [1.54, 1.807) is 27.0 Å². The van der Waals surface area contributed by atoms with Crippen LogP contribution < -0.4 is 5.56 Å². The predicted molar refractivity (Wildman–Crippen MR) is 80.1 cm³/mol. The van der Waals surface area contributed by atoms with E-state index in [-0.39, 0.29) is 16.9 Å². The standard InChI is InChI=1S/C14H22N2O3S/c1-7-19-12(18)9(2)20-13-15-10(14(3,4)5)8-11(17)16(13)6/h8-9H,7H2,1-6H3/t9-/m0/s1. The number of thioether (sulfide) groups is 1. The molecule has 0 bridgehead atoms. The van der Waals surface area contributed by atoms with Gasteiger partial charge in [-0.1, -0.05) is 32.5 Å². The lowest BCUT2D eigenvalue weighted by Gasteiger charge is -2.20. The molecule has 1 rings (SSSR count). The van der Waals surface area contributed by atoms with Crippen molar-refractivity contribution < 1.29 is 9.53 Å². The Morgan fingerprint density at radius 1 is 1.50 bits per heavy atom. The van der Waals surface area contributed by atoms with Crippen LogP contribution in [-0.2, 0) is 22.0 Å². The van der Waals surface area contributed by atoms with Crippen molar-refractivity contribution in [3.05, 3.63) is 22.1 Å². The van der Waals surface area contributed by atoms with E-state index in [1.807, 2.05) is 20.8 Å². The fourth-order valence-corrected chi connectivity index (χ4v) is 2.35. The maximum absolute atomic E-state index is 12.0. The molecule has 0 N–H and O–H groups in total. The first-order chi connectivity index (χ1) is 9.16. The molecule has 1 heterocycles. The van der Waals surface area contributed by atoms with Crippen LogP contribution >= 0.6 is 11.8 Å². The normalized spacial score (nSPS) is 13.1. The Kier molecular flexibility index (Phi) is 5.39. The van der Waals surface area contributed by atoms with E-state index in [0.717, 1.165) is 5.69 Å². The molecule has 0 amide bonds. The molecule has 0 unspecified atom stereocenters. The Morgan fingerprint density at radius 2 is 2.10 bits per heavy atom. The number of esters is 1. The van der Waals surface area contributed by atoms with Gasteiger partial charge in [0.25, 0.3) is 5.56 Å². The summed E-state index contributed by atoms with van der Waals surface area (Å²) in [6.07, 6.45) is 0. The molecule has 5 nitrogen and oxygen atoms in total. The zero-order valence-electron chi connectivity index (χ0n) is 12.9. The zero-order valence-corrected chi connectivity index (χ0v) is 13.7. The number of aromatic nitrogens is 2. The summed E-state index contributed by atoms with van der Waals surface area (Å²) in [6, 6.07) is 1.54. The van der Waals surface area contributed by atoms with Crippen LogP contribution in [-0.4, -0.2) is 27.4 Å². The van der Waals surface area contributed by atoms with Crippen LogP contribution in [0.4, 0.5) is 0 Å². The topological polar surface area (TPSA) is 61.2 Å². The van der Waals surface area contributed by atoms with Gasteiger partial charge in [-0.2, -0.15) is 0 Å². The highest BCUT2D eigenvalue weighted by Crippen LogP contribution is 2.24. The summed E-state index contributed by atoms with van der Waals surface area (Å²) < 4.78 is 6.42. The summed E-state index contributed by atoms with van der Waals surface area (Å²) in [5.74, 6) is -0.298. The third-order valence-electron chi connectivity index (χ3n) is 2.76. The Morgan fingerprint density at radius 3 is 2.60 bits per heavy atom. The molecule has 0 fully saturated rings. The third kappa shape index (κ3) is 4.10. The smallest absolute Gasteiger partial charge is 0.319 e. The van der Waals surface area contributed by atoms with Gasteiger partial charge in [-0.25, -0.2) is 4.98 Å². The van der Waals surface area contributed by atoms with Crippen LogP contribution in [0.25, 0.3) is 0 Å². The summed E-state index contributed by atoms with van der Waals surface area (Å²) in [4.78, 5) is 28.2. The molecular formula is C14H22N2O3S. The monoisotopic (exact) mass is 298 g/mol. The number of hydrogen-bond donors (Lipinski definition) is 0. The first-order valence-electron chi connectivity index (χ1n) is 6.58. The molecule has 0 radical (unpaired) electrons. The highest BCUT2D eigenvalue weighted by Gasteiger charge is 2.22. The third-order valence-corrected chi connectivity index (χ3v) is 3.88. The molecule has 0 saturated carbocycles. The lowest BCUT2D eigenvalue weighted by atomic mass is 9.92. The van der Waals surface area contributed by atoms with E-state index >= 15 is 0 Å². The van der Waals surface area contributed by atoms with Gasteiger partial charge in [0.05, 0.1) is 12.3 Å². The lowest BCUT2D eigenvalue weighted by molar-refractivity contribution is -0.142. The Labute approximate surface area is 123 Å². The fraction of sp³-hybridized carbons (Fsp3) is 0.643. The molecule has 20 heavy (non-hydrogen) atoms. The van der Waals surface area contributed by atoms with Gasteiger partial charge in [0.2, 0.25) is 0 Å². The van der Waals surface area contributed by atoms with Crippen LogP contribution in [0, 0.1) is 0 Å². The second-order valence-electron chi connectivity index (χ2n) is 5.58. The van der Waals surface area contributed by atoms with Gasteiger partial charge < -0.3 is 4.74 Å². The number of carbonyl (C=O) groups excluding carboxylic acids is 1. The highest BCUT2D eigenvalue weighted by atomic mass is 32.2. The van der Waals surface area contributed by atoms with Gasteiger partial charge in [-0.3, -0.25) is 14.2 Å². The average Bonchev–Trinajstić information content (AvgIpc) is 2.33. The first kappa shape index (κ1) is 16.8. The highest BCUT2D eigenvalue weighted by molar-refractivity contribution is 8.00. The van der Waals surface area contributed by atoms with Gasteiger partial charge in [0.15, 0.2) is 5.16 Å². The van der Waals surface area contributed by atoms with Crippen molar-refractivity contribution in [3.8, 4) is 0 Å². The van der Waals surface area contributed by atoms with Crippen LogP contribution in [0.15, 0.2) is 16.0 Å². The molecule has 0 spiro atoms. The minimum absolute atomic E-state index is 0.122. The molecule has 1 aromatic rings. The second-order valence-corrected chi connectivity index (χ2v) is 6.89. The summed E-state index contributed by atoms with van der Waals surface area (Å²) in [5.41, 5.74) is 0.387. The van der Waals surface area contributed by atoms with Crippen molar-refractivity contribution in [2.45, 2.75) is 50.4 Å². The average molecular weight is 298 g/mol. The zero-order chi connectivity index (χ0) is 15.5. The predicted octanol–water partition coefficient (Wildman–Crippen LogP) is 2.12. The van der Waals surface area contributed by atoms with Crippen molar-refractivity contribution in [1.82, 2.24) is 9.55 Å². The van der Waals surface area contributed by atoms with Crippen molar-refractivity contribution in [2.24, 2.45) is 7.05 Å². The van der Waals surface area contributed by atoms with E-state index < -0.39 is 5.25 Å². The van der Waals surface area contributed by atoms with Gasteiger partial charge in [-0.05, 0) is 13.8 Å². The van der Waals surface area contributed by atoms with Crippen LogP contribution in [0.5, 0.6) is 0 Å². The number of carbonyl (C=O) groups is 1. The lowest BCUT2D eigenvalue weighted by Crippen LogP contribution is -2.26. The summed E-state index contributed by atoms with van der Waals surface area (Å²) >= 11 is 1.24. The van der Waals surface area contributed by atoms with E-state index in [4.69, 9.17) is 4.74 Å². The van der Waals surface area contributed by atoms with Crippen molar-refractivity contribution in [1.29, 1.82) is 0 Å². The van der Waals surface area contributed by atoms with Gasteiger partial charge in [-0.15, -0.1) is 0 Å². The quantitative estimate of drug-likeness (QED) is 0.484. The van der Waals surface area contributed by atoms with Crippen molar-refractivity contribution in [2.75, 3.05) is 6.61 Å². The largest absolute Gasteiger partial charge is 0.465 e. The molecule has 1 aromatic heterocycles. The Hall–Kier alpha value is -1.30. The summed E-state index contributed by atoms with van der Waals surface area (Å²) in [7, 11) is 1.65. The first-order valence-corrected chi connectivity index (χ1v) is 7.46. The molecule has 0 aliphatic carbocycles. The SMILES string of the molecule is CCOC(=O)[C@H](C)Sc1nc(C(C)(C)C)cc(=O)n1C. The van der Waals surface area contributed by atoms with E-state index in [2.05, 4.69) is 4.98 Å². The maximum Gasteiger partial charge on any atom is 0.319 e. The van der Waals surface area contributed by atoms with Crippen molar-refractivity contribution in [3.63, 3.8) is 0 Å². The molecule has 6 heteroatoms. The van der Waals surface area contributed by atoms with E-state index in [1.165, 1.54) is 16.3 Å². The second kappa shape index (κ2) is 6.43. The van der Waals surface area contributed by atoms with Crippen LogP contribution in [0.3, 0.4) is 0 Å². The Bertz CT molecular complexity index is 546. The number of nitrogens with zero attached hydrogens (tertiary/aromatic N) is 2. The molecule has 0 aliphatic heterocycles. The molecule has 0 aromatic carbocycles. The van der Waals surface area contributed by atoms with Crippen LogP contribution in [0.1, 0.15) is 40.3 Å². The molecule has 112 valence electrons. The van der Waals surface area contributed by atoms with E-state index in [0.29, 0.717) is 11.8 Å². The number of hydrogen-bond acceptors (Lipinski definition) is 5. The van der Waals surface area contributed by atoms with Gasteiger partial charge in [0, 0.05) is 18.5 Å². The van der Waals surface area contributed by atoms with Gasteiger partial charge in [0.1, 0.15) is 5.25 Å². The van der Waals surface area contributed by atoms with Gasteiger partial charge >= 0.3 is 5.97 Å². The van der Waals surface area contributed by atoms with E-state index in [9.17, 15) is 9.59 Å². The summed E-state index contributed by atoms with van der Waals surface area (Å²) in [6.45, 7) is 9.86. The molecular weight excluding hydrogens is 276 g/mol. The number of rotatable bonds is 4. The molecule has 0 saturated heterocycles.